The zero-order valence-corrected chi connectivity index (χ0v) is 24.3. The van der Waals surface area contributed by atoms with Crippen molar-refractivity contribution < 1.29 is 32.2 Å². The molecule has 0 saturated heterocycles. The van der Waals surface area contributed by atoms with E-state index in [1.807, 2.05) is 49.4 Å². The number of halogens is 3. The number of hydrogen-bond donors (Lipinski definition) is 2. The highest BCUT2D eigenvalue weighted by atomic mass is 32.2. The van der Waals surface area contributed by atoms with Crippen molar-refractivity contribution in [1.29, 1.82) is 0 Å². The van der Waals surface area contributed by atoms with E-state index < -0.39 is 23.8 Å². The number of aliphatic carboxylic acids is 1. The molecular formula is C31H27F3N2O4S2. The van der Waals surface area contributed by atoms with Gasteiger partial charge in [0.15, 0.2) is 11.3 Å². The molecule has 42 heavy (non-hydrogen) atoms. The van der Waals surface area contributed by atoms with E-state index in [9.17, 15) is 23.1 Å². The lowest BCUT2D eigenvalue weighted by Gasteiger charge is -2.15. The Balaban J connectivity index is 1.36. The third-order valence-corrected chi connectivity index (χ3v) is 8.47. The molecule has 2 aromatic heterocycles. The van der Waals surface area contributed by atoms with Crippen molar-refractivity contribution in [3.8, 4) is 17.1 Å². The number of para-hydroxylation sites is 2. The number of aromatic nitrogens is 2. The number of H-pyrrole nitrogens is 1. The SMILES string of the molecule is CCC(Oc1ccc(SCc2cc(-c3ccc(C(F)(F)F)cc3)oc2CSc2nc3ccccc3[nH]2)cc1C)C(=O)O. The van der Waals surface area contributed by atoms with Crippen molar-refractivity contribution in [3.63, 3.8) is 0 Å². The molecule has 5 rings (SSSR count). The average Bonchev–Trinajstić information content (AvgIpc) is 3.57. The van der Waals surface area contributed by atoms with Crippen LogP contribution in [0.1, 0.15) is 35.8 Å². The Bertz CT molecular complexity index is 1660. The van der Waals surface area contributed by atoms with E-state index in [1.165, 1.54) is 23.9 Å². The van der Waals surface area contributed by atoms with Crippen LogP contribution in [0.2, 0.25) is 0 Å². The van der Waals surface area contributed by atoms with E-state index in [-0.39, 0.29) is 0 Å². The lowest BCUT2D eigenvalue weighted by atomic mass is 10.1. The minimum atomic E-state index is -4.42. The summed E-state index contributed by atoms with van der Waals surface area (Å²) in [5.41, 5.74) is 3.35. The first-order valence-corrected chi connectivity index (χ1v) is 15.1. The maximum atomic E-state index is 13.1. The zero-order chi connectivity index (χ0) is 29.9. The minimum Gasteiger partial charge on any atom is -0.479 e. The number of furan rings is 1. The predicted molar refractivity (Wildman–Crippen MR) is 158 cm³/mol. The Labute approximate surface area is 248 Å². The Morgan fingerprint density at radius 1 is 1.05 bits per heavy atom. The van der Waals surface area contributed by atoms with Crippen LogP contribution in [-0.4, -0.2) is 27.1 Å². The Hall–Kier alpha value is -3.83. The monoisotopic (exact) mass is 612 g/mol. The topological polar surface area (TPSA) is 88.4 Å². The van der Waals surface area contributed by atoms with Crippen LogP contribution in [0.5, 0.6) is 5.75 Å². The molecule has 0 radical (unpaired) electrons. The van der Waals surface area contributed by atoms with Crippen LogP contribution in [0.25, 0.3) is 22.4 Å². The molecule has 0 bridgehead atoms. The average molecular weight is 613 g/mol. The molecule has 0 aliphatic carbocycles. The fourth-order valence-electron chi connectivity index (χ4n) is 4.27. The standard InChI is InChI=1S/C31H27F3N2O4S2/c1-3-25(29(37)38)39-26-13-12-22(14-18(26)2)41-16-20-15-27(19-8-10-21(11-9-19)31(32,33)34)40-28(20)17-42-30-35-23-6-4-5-7-24(23)36-30/h4-15,25H,3,16-17H2,1-2H3,(H,35,36)(H,37,38). The summed E-state index contributed by atoms with van der Waals surface area (Å²) in [6.07, 6.45) is -4.98. The van der Waals surface area contributed by atoms with Gasteiger partial charge in [-0.05, 0) is 67.4 Å². The summed E-state index contributed by atoms with van der Waals surface area (Å²) in [5.74, 6) is 1.71. The van der Waals surface area contributed by atoms with Gasteiger partial charge in [-0.3, -0.25) is 0 Å². The van der Waals surface area contributed by atoms with Crippen LogP contribution in [0.15, 0.2) is 87.3 Å². The first-order chi connectivity index (χ1) is 20.1. The summed E-state index contributed by atoms with van der Waals surface area (Å²) in [7, 11) is 0. The van der Waals surface area contributed by atoms with Gasteiger partial charge in [-0.1, -0.05) is 43.0 Å². The Morgan fingerprint density at radius 3 is 2.48 bits per heavy atom. The number of benzene rings is 3. The third-order valence-electron chi connectivity index (χ3n) is 6.56. The highest BCUT2D eigenvalue weighted by molar-refractivity contribution is 7.98. The summed E-state index contributed by atoms with van der Waals surface area (Å²) in [4.78, 5) is 20.2. The van der Waals surface area contributed by atoms with Gasteiger partial charge in [-0.25, -0.2) is 9.78 Å². The van der Waals surface area contributed by atoms with Crippen LogP contribution in [0.3, 0.4) is 0 Å². The van der Waals surface area contributed by atoms with E-state index in [1.54, 1.807) is 24.8 Å². The quantitative estimate of drug-likeness (QED) is 0.144. The second-order valence-corrected chi connectivity index (χ2v) is 11.6. The second-order valence-electron chi connectivity index (χ2n) is 9.55. The van der Waals surface area contributed by atoms with Crippen molar-refractivity contribution in [2.45, 2.75) is 54.1 Å². The molecule has 218 valence electrons. The molecular weight excluding hydrogens is 585 g/mol. The number of imidazole rings is 1. The lowest BCUT2D eigenvalue weighted by Crippen LogP contribution is -2.26. The van der Waals surface area contributed by atoms with Gasteiger partial charge in [0.05, 0.1) is 22.3 Å². The predicted octanol–water partition coefficient (Wildman–Crippen LogP) is 8.98. The molecule has 0 fully saturated rings. The first-order valence-electron chi connectivity index (χ1n) is 13.1. The number of rotatable bonds is 11. The van der Waals surface area contributed by atoms with E-state index in [0.29, 0.717) is 40.8 Å². The number of alkyl halides is 3. The van der Waals surface area contributed by atoms with Crippen LogP contribution in [-0.2, 0) is 22.5 Å². The molecule has 0 aliphatic rings. The molecule has 0 spiro atoms. The fourth-order valence-corrected chi connectivity index (χ4v) is 6.12. The number of aromatic amines is 1. The van der Waals surface area contributed by atoms with Gasteiger partial charge in [0.1, 0.15) is 17.3 Å². The summed E-state index contributed by atoms with van der Waals surface area (Å²) in [6.45, 7) is 3.62. The maximum absolute atomic E-state index is 13.1. The van der Waals surface area contributed by atoms with Crippen LogP contribution in [0.4, 0.5) is 13.2 Å². The molecule has 2 N–H and O–H groups in total. The number of aryl methyl sites for hydroxylation is 1. The zero-order valence-electron chi connectivity index (χ0n) is 22.7. The van der Waals surface area contributed by atoms with Crippen LogP contribution in [0, 0.1) is 6.92 Å². The Morgan fingerprint density at radius 2 is 1.81 bits per heavy atom. The minimum absolute atomic E-state index is 0.349. The number of fused-ring (bicyclic) bond motifs is 1. The highest BCUT2D eigenvalue weighted by Gasteiger charge is 2.30. The third kappa shape index (κ3) is 6.96. The van der Waals surface area contributed by atoms with E-state index in [0.717, 1.165) is 44.3 Å². The molecule has 1 atom stereocenters. The highest BCUT2D eigenvalue weighted by Crippen LogP contribution is 2.36. The van der Waals surface area contributed by atoms with Gasteiger partial charge in [0.25, 0.3) is 0 Å². The maximum Gasteiger partial charge on any atom is 0.416 e. The molecule has 11 heteroatoms. The van der Waals surface area contributed by atoms with Crippen molar-refractivity contribution >= 4 is 40.5 Å². The molecule has 0 aliphatic heterocycles. The lowest BCUT2D eigenvalue weighted by molar-refractivity contribution is -0.145. The van der Waals surface area contributed by atoms with Gasteiger partial charge in [0.2, 0.25) is 0 Å². The van der Waals surface area contributed by atoms with Crippen molar-refractivity contribution in [1.82, 2.24) is 9.97 Å². The molecule has 3 aromatic carbocycles. The first kappa shape index (κ1) is 29.7. The van der Waals surface area contributed by atoms with Gasteiger partial charge >= 0.3 is 12.1 Å². The van der Waals surface area contributed by atoms with Crippen molar-refractivity contribution in [3.05, 3.63) is 95.2 Å². The van der Waals surface area contributed by atoms with Crippen LogP contribution >= 0.6 is 23.5 Å². The molecule has 5 aromatic rings. The number of carboxylic acids is 1. The molecule has 1 unspecified atom stereocenters. The van der Waals surface area contributed by atoms with Crippen molar-refractivity contribution in [2.75, 3.05) is 0 Å². The summed E-state index contributed by atoms with van der Waals surface area (Å²) < 4.78 is 51.1. The second kappa shape index (κ2) is 12.6. The number of hydrogen-bond acceptors (Lipinski definition) is 6. The summed E-state index contributed by atoms with van der Waals surface area (Å²) >= 11 is 3.05. The number of carbonyl (C=O) groups is 1. The molecule has 6 nitrogen and oxygen atoms in total. The van der Waals surface area contributed by atoms with Crippen molar-refractivity contribution in [2.24, 2.45) is 0 Å². The molecule has 0 amide bonds. The van der Waals surface area contributed by atoms with Gasteiger partial charge in [-0.2, -0.15) is 13.2 Å². The molecule has 2 heterocycles. The number of carboxylic acid groups (broad SMARTS) is 1. The van der Waals surface area contributed by atoms with Gasteiger partial charge in [-0.15, -0.1) is 11.8 Å². The van der Waals surface area contributed by atoms with E-state index >= 15 is 0 Å². The largest absolute Gasteiger partial charge is 0.479 e. The smallest absolute Gasteiger partial charge is 0.416 e. The summed E-state index contributed by atoms with van der Waals surface area (Å²) in [5, 5.41) is 10.0. The number of nitrogens with zero attached hydrogens (tertiary/aromatic N) is 1. The molecule has 0 saturated carbocycles. The van der Waals surface area contributed by atoms with Gasteiger partial charge in [0, 0.05) is 21.8 Å². The number of thioether (sulfide) groups is 2. The number of ether oxygens (including phenoxy) is 1. The Kier molecular flexibility index (Phi) is 8.88. The van der Waals surface area contributed by atoms with E-state index in [4.69, 9.17) is 9.15 Å². The van der Waals surface area contributed by atoms with E-state index in [2.05, 4.69) is 9.97 Å². The summed E-state index contributed by atoms with van der Waals surface area (Å²) in [6, 6.07) is 20.1. The fraction of sp³-hybridized carbons (Fsp3) is 0.226. The normalized spacial score (nSPS) is 12.5. The van der Waals surface area contributed by atoms with Gasteiger partial charge < -0.3 is 19.2 Å². The van der Waals surface area contributed by atoms with Crippen LogP contribution < -0.4 is 4.74 Å². The number of nitrogens with one attached hydrogen (secondary N) is 1.